The standard InChI is InChI=1S/C35H42N6O6/c1-24-10-12-25(13-11-24)19-21-37-40-33(44)35(20-18-30(43)47-34(2,3)4)31(28-8-5-6-9-29(28)39-41-36)46-32(38-35)26-14-16-27(17-15-26)45-23-7-22-42/h5-6,8-17,31,37,42H,7,18-23H2,1-4H3,(H,40,44)/t31-,35-/m0/s1. The number of nitrogens with zero attached hydrogens (tertiary/aromatic N) is 4. The summed E-state index contributed by atoms with van der Waals surface area (Å²) in [6.07, 6.45) is -0.0913. The number of esters is 1. The molecule has 1 aliphatic heterocycles. The summed E-state index contributed by atoms with van der Waals surface area (Å²) >= 11 is 0. The Hall–Kier alpha value is -4.90. The molecule has 0 spiro atoms. The van der Waals surface area contributed by atoms with Crippen LogP contribution in [0.2, 0.25) is 0 Å². The normalized spacial score (nSPS) is 17.2. The SMILES string of the molecule is Cc1ccc(CCNNC(=O)[C@@]2(CCC(=O)OC(C)(C)C)N=C(c3ccc(OCCCO)cc3)O[C@H]2c2ccccc2N=[N+]=[N-])cc1. The third-order valence-electron chi connectivity index (χ3n) is 7.39. The van der Waals surface area contributed by atoms with Crippen molar-refractivity contribution in [1.82, 2.24) is 10.9 Å². The predicted molar refractivity (Wildman–Crippen MR) is 178 cm³/mol. The van der Waals surface area contributed by atoms with Gasteiger partial charge in [-0.2, -0.15) is 0 Å². The molecule has 0 aliphatic carbocycles. The lowest BCUT2D eigenvalue weighted by Crippen LogP contribution is -2.53. The van der Waals surface area contributed by atoms with Gasteiger partial charge >= 0.3 is 5.97 Å². The molecule has 12 nitrogen and oxygen atoms in total. The second-order valence-corrected chi connectivity index (χ2v) is 12.2. The summed E-state index contributed by atoms with van der Waals surface area (Å²) < 4.78 is 17.7. The number of aliphatic hydroxyl groups excluding tert-OH is 1. The number of benzene rings is 3. The van der Waals surface area contributed by atoms with E-state index in [1.54, 1.807) is 69.3 Å². The number of ether oxygens (including phenoxy) is 3. The van der Waals surface area contributed by atoms with Gasteiger partial charge in [0.15, 0.2) is 11.6 Å². The van der Waals surface area contributed by atoms with E-state index in [-0.39, 0.29) is 31.0 Å². The van der Waals surface area contributed by atoms with Gasteiger partial charge in [0.05, 0.1) is 6.61 Å². The van der Waals surface area contributed by atoms with Crippen molar-refractivity contribution in [3.8, 4) is 5.75 Å². The summed E-state index contributed by atoms with van der Waals surface area (Å²) in [5.41, 5.74) is 16.3. The summed E-state index contributed by atoms with van der Waals surface area (Å²) in [5.74, 6) is -0.249. The number of rotatable bonds is 15. The number of carbonyl (C=O) groups is 2. The minimum Gasteiger partial charge on any atom is -0.494 e. The molecule has 47 heavy (non-hydrogen) atoms. The van der Waals surface area contributed by atoms with E-state index in [0.29, 0.717) is 42.9 Å². The monoisotopic (exact) mass is 642 g/mol. The molecule has 248 valence electrons. The highest BCUT2D eigenvalue weighted by Crippen LogP contribution is 2.46. The highest BCUT2D eigenvalue weighted by molar-refractivity contribution is 6.01. The van der Waals surface area contributed by atoms with Crippen LogP contribution in [0.15, 0.2) is 82.9 Å². The van der Waals surface area contributed by atoms with Crippen molar-refractivity contribution in [3.05, 3.63) is 105 Å². The van der Waals surface area contributed by atoms with E-state index < -0.39 is 29.1 Å². The van der Waals surface area contributed by atoms with E-state index in [1.807, 2.05) is 31.2 Å². The van der Waals surface area contributed by atoms with Crippen LogP contribution < -0.4 is 15.6 Å². The van der Waals surface area contributed by atoms with Gasteiger partial charge in [-0.15, -0.1) is 0 Å². The summed E-state index contributed by atoms with van der Waals surface area (Å²) in [5, 5.41) is 12.9. The number of amides is 1. The maximum Gasteiger partial charge on any atom is 0.306 e. The number of aryl methyl sites for hydroxylation is 1. The van der Waals surface area contributed by atoms with E-state index in [4.69, 9.17) is 24.3 Å². The Balaban J connectivity index is 1.70. The molecule has 1 heterocycles. The van der Waals surface area contributed by atoms with Crippen LogP contribution in [-0.4, -0.2) is 53.8 Å². The first-order chi connectivity index (χ1) is 22.5. The van der Waals surface area contributed by atoms with Gasteiger partial charge in [-0.3, -0.25) is 15.0 Å². The molecule has 0 bridgehead atoms. The summed E-state index contributed by atoms with van der Waals surface area (Å²) in [4.78, 5) is 35.1. The van der Waals surface area contributed by atoms with Gasteiger partial charge in [0.2, 0.25) is 5.90 Å². The first-order valence-corrected chi connectivity index (χ1v) is 15.6. The highest BCUT2D eigenvalue weighted by Gasteiger charge is 2.54. The quantitative estimate of drug-likeness (QED) is 0.0460. The van der Waals surface area contributed by atoms with Crippen LogP contribution in [0.4, 0.5) is 5.69 Å². The molecular formula is C35H42N6O6. The fourth-order valence-corrected chi connectivity index (χ4v) is 5.09. The van der Waals surface area contributed by atoms with Crippen LogP contribution >= 0.6 is 0 Å². The largest absolute Gasteiger partial charge is 0.494 e. The lowest BCUT2D eigenvalue weighted by atomic mass is 9.83. The first-order valence-electron chi connectivity index (χ1n) is 15.6. The van der Waals surface area contributed by atoms with Crippen LogP contribution in [0.3, 0.4) is 0 Å². The molecule has 2 atom stereocenters. The van der Waals surface area contributed by atoms with E-state index in [9.17, 15) is 15.1 Å². The van der Waals surface area contributed by atoms with Crippen molar-refractivity contribution in [1.29, 1.82) is 0 Å². The number of aliphatic imine (C=N–C) groups is 1. The zero-order chi connectivity index (χ0) is 33.9. The Bertz CT molecular complexity index is 1600. The second-order valence-electron chi connectivity index (χ2n) is 12.2. The van der Waals surface area contributed by atoms with Gasteiger partial charge in [-0.25, -0.2) is 10.4 Å². The Kier molecular flexibility index (Phi) is 12.0. The molecule has 3 N–H and O–H groups in total. The number of hydrogen-bond acceptors (Lipinski definition) is 9. The van der Waals surface area contributed by atoms with E-state index in [0.717, 1.165) is 11.1 Å². The van der Waals surface area contributed by atoms with Crippen molar-refractivity contribution >= 4 is 23.5 Å². The number of hydrazine groups is 1. The van der Waals surface area contributed by atoms with Gasteiger partial charge in [0.1, 0.15) is 11.4 Å². The molecule has 12 heteroatoms. The molecule has 0 saturated heterocycles. The van der Waals surface area contributed by atoms with Crippen molar-refractivity contribution in [2.45, 2.75) is 70.6 Å². The zero-order valence-corrected chi connectivity index (χ0v) is 27.2. The zero-order valence-electron chi connectivity index (χ0n) is 27.2. The topological polar surface area (TPSA) is 167 Å². The van der Waals surface area contributed by atoms with Crippen LogP contribution in [0, 0.1) is 6.92 Å². The van der Waals surface area contributed by atoms with E-state index >= 15 is 0 Å². The number of hydrogen-bond donors (Lipinski definition) is 3. The van der Waals surface area contributed by atoms with E-state index in [2.05, 4.69) is 20.9 Å². The Labute approximate surface area is 274 Å². The van der Waals surface area contributed by atoms with Gasteiger partial charge in [0.25, 0.3) is 5.91 Å². The fourth-order valence-electron chi connectivity index (χ4n) is 5.09. The van der Waals surface area contributed by atoms with Gasteiger partial charge < -0.3 is 19.3 Å². The number of carbonyl (C=O) groups excluding carboxylic acids is 2. The van der Waals surface area contributed by atoms with Gasteiger partial charge in [-0.05, 0) is 75.9 Å². The first kappa shape index (κ1) is 35.0. The lowest BCUT2D eigenvalue weighted by molar-refractivity contribution is -0.155. The number of aliphatic hydroxyl groups is 1. The fraction of sp³-hybridized carbons (Fsp3) is 0.400. The third-order valence-corrected chi connectivity index (χ3v) is 7.39. The van der Waals surface area contributed by atoms with Crippen molar-refractivity contribution in [2.75, 3.05) is 19.8 Å². The van der Waals surface area contributed by atoms with Crippen LogP contribution in [0.1, 0.15) is 68.4 Å². The Morgan fingerprint density at radius 2 is 1.81 bits per heavy atom. The average Bonchev–Trinajstić information content (AvgIpc) is 3.44. The summed E-state index contributed by atoms with van der Waals surface area (Å²) in [6, 6.07) is 22.0. The molecule has 3 aromatic carbocycles. The van der Waals surface area contributed by atoms with Crippen LogP contribution in [0.5, 0.6) is 5.75 Å². The minimum atomic E-state index is -1.65. The summed E-state index contributed by atoms with van der Waals surface area (Å²) in [6.45, 7) is 8.16. The minimum absolute atomic E-state index is 0.0235. The van der Waals surface area contributed by atoms with Crippen LogP contribution in [-0.2, 0) is 25.5 Å². The molecule has 0 unspecified atom stereocenters. The third kappa shape index (κ3) is 9.55. The Morgan fingerprint density at radius 3 is 2.49 bits per heavy atom. The molecule has 4 rings (SSSR count). The maximum atomic E-state index is 14.3. The van der Waals surface area contributed by atoms with Gasteiger partial charge in [0, 0.05) is 47.7 Å². The maximum absolute atomic E-state index is 14.3. The highest BCUT2D eigenvalue weighted by atomic mass is 16.6. The number of nitrogens with one attached hydrogen (secondary N) is 2. The Morgan fingerprint density at radius 1 is 1.09 bits per heavy atom. The predicted octanol–water partition coefficient (Wildman–Crippen LogP) is 5.94. The van der Waals surface area contributed by atoms with Crippen molar-refractivity contribution in [3.63, 3.8) is 0 Å². The summed E-state index contributed by atoms with van der Waals surface area (Å²) in [7, 11) is 0. The molecule has 0 radical (unpaired) electrons. The molecular weight excluding hydrogens is 600 g/mol. The molecule has 0 saturated carbocycles. The van der Waals surface area contributed by atoms with Crippen molar-refractivity contribution < 1.29 is 28.9 Å². The molecule has 1 aliphatic rings. The van der Waals surface area contributed by atoms with E-state index in [1.165, 1.54) is 0 Å². The smallest absolute Gasteiger partial charge is 0.306 e. The molecule has 0 fully saturated rings. The molecule has 0 aromatic heterocycles. The number of azide groups is 1. The molecule has 3 aromatic rings. The second kappa shape index (κ2) is 16.1. The van der Waals surface area contributed by atoms with Crippen molar-refractivity contribution in [2.24, 2.45) is 10.1 Å². The van der Waals surface area contributed by atoms with Crippen LogP contribution in [0.25, 0.3) is 10.4 Å². The lowest BCUT2D eigenvalue weighted by Gasteiger charge is -2.31. The average molecular weight is 643 g/mol. The molecule has 1 amide bonds. The van der Waals surface area contributed by atoms with Gasteiger partial charge in [-0.1, -0.05) is 59.2 Å².